The number of aryl methyl sites for hydroxylation is 1. The first-order valence-corrected chi connectivity index (χ1v) is 8.76. The number of imidazole rings is 1. The van der Waals surface area contributed by atoms with Crippen molar-refractivity contribution in [1.29, 1.82) is 0 Å². The smallest absolute Gasteiger partial charge is 0.251 e. The largest absolute Gasteiger partial charge is 0.345 e. The van der Waals surface area contributed by atoms with Crippen LogP contribution in [0.2, 0.25) is 0 Å². The molecule has 2 heterocycles. The van der Waals surface area contributed by atoms with Crippen LogP contribution in [-0.2, 0) is 6.54 Å². The van der Waals surface area contributed by atoms with Gasteiger partial charge in [0.05, 0.1) is 18.4 Å². The zero-order valence-electron chi connectivity index (χ0n) is 13.6. The lowest BCUT2D eigenvalue weighted by Crippen LogP contribution is -2.22. The van der Waals surface area contributed by atoms with Crippen LogP contribution in [0.5, 0.6) is 0 Å². The molecule has 1 amide bonds. The van der Waals surface area contributed by atoms with E-state index in [0.29, 0.717) is 12.1 Å². The molecule has 4 aromatic rings. The van der Waals surface area contributed by atoms with Crippen LogP contribution in [0.1, 0.15) is 21.1 Å². The van der Waals surface area contributed by atoms with Crippen LogP contribution >= 0.6 is 11.3 Å². The Morgan fingerprint density at radius 3 is 2.52 bits per heavy atom. The fourth-order valence-corrected chi connectivity index (χ4v) is 3.48. The van der Waals surface area contributed by atoms with E-state index in [1.54, 1.807) is 4.52 Å². The maximum absolute atomic E-state index is 12.3. The molecule has 0 atom stereocenters. The van der Waals surface area contributed by atoms with E-state index < -0.39 is 0 Å². The minimum absolute atomic E-state index is 0.108. The molecule has 0 spiro atoms. The fraction of sp³-hybridized carbons (Fsp3) is 0.105. The van der Waals surface area contributed by atoms with Crippen molar-refractivity contribution in [2.24, 2.45) is 0 Å². The molecule has 124 valence electrons. The molecule has 0 fully saturated rings. The number of benzene rings is 2. The van der Waals surface area contributed by atoms with Crippen LogP contribution in [0.4, 0.5) is 0 Å². The van der Waals surface area contributed by atoms with Crippen LogP contribution in [0.25, 0.3) is 16.1 Å². The monoisotopic (exact) mass is 348 g/mol. The van der Waals surface area contributed by atoms with Crippen LogP contribution in [0.15, 0.2) is 60.8 Å². The van der Waals surface area contributed by atoms with Crippen LogP contribution < -0.4 is 5.32 Å². The third kappa shape index (κ3) is 3.29. The number of nitrogens with zero attached hydrogens (tertiary/aromatic N) is 3. The number of hydrogen-bond acceptors (Lipinski definition) is 4. The molecule has 6 heteroatoms. The Morgan fingerprint density at radius 1 is 1.08 bits per heavy atom. The van der Waals surface area contributed by atoms with Crippen molar-refractivity contribution in [3.05, 3.63) is 77.1 Å². The van der Waals surface area contributed by atoms with E-state index in [9.17, 15) is 4.79 Å². The van der Waals surface area contributed by atoms with Gasteiger partial charge in [-0.15, -0.1) is 0 Å². The highest BCUT2D eigenvalue weighted by molar-refractivity contribution is 7.16. The highest BCUT2D eigenvalue weighted by Gasteiger charge is 2.09. The number of nitrogens with one attached hydrogen (secondary N) is 1. The number of rotatable bonds is 4. The number of aromatic nitrogens is 3. The molecule has 25 heavy (non-hydrogen) atoms. The van der Waals surface area contributed by atoms with Crippen molar-refractivity contribution >= 4 is 22.2 Å². The van der Waals surface area contributed by atoms with Crippen molar-refractivity contribution in [2.45, 2.75) is 13.5 Å². The van der Waals surface area contributed by atoms with E-state index in [1.807, 2.05) is 55.6 Å². The minimum atomic E-state index is -0.108. The van der Waals surface area contributed by atoms with Crippen molar-refractivity contribution < 1.29 is 4.79 Å². The average molecular weight is 348 g/mol. The molecule has 0 unspecified atom stereocenters. The molecular weight excluding hydrogens is 332 g/mol. The van der Waals surface area contributed by atoms with Gasteiger partial charge in [-0.3, -0.25) is 4.79 Å². The lowest BCUT2D eigenvalue weighted by molar-refractivity contribution is 0.0951. The summed E-state index contributed by atoms with van der Waals surface area (Å²) in [6, 6.07) is 17.7. The fourth-order valence-electron chi connectivity index (χ4n) is 2.62. The number of fused-ring (bicyclic) bond motifs is 1. The molecule has 0 radical (unpaired) electrons. The summed E-state index contributed by atoms with van der Waals surface area (Å²) in [5.41, 5.74) is 3.80. The highest BCUT2D eigenvalue weighted by Crippen LogP contribution is 2.19. The highest BCUT2D eigenvalue weighted by atomic mass is 32.1. The van der Waals surface area contributed by atoms with Gasteiger partial charge in [0.1, 0.15) is 5.01 Å². The first kappa shape index (κ1) is 15.5. The first-order valence-electron chi connectivity index (χ1n) is 7.94. The summed E-state index contributed by atoms with van der Waals surface area (Å²) in [5, 5.41) is 8.15. The second kappa shape index (κ2) is 6.49. The number of amides is 1. The summed E-state index contributed by atoms with van der Waals surface area (Å²) in [7, 11) is 0. The van der Waals surface area contributed by atoms with Gasteiger partial charge in [-0.1, -0.05) is 53.8 Å². The van der Waals surface area contributed by atoms with E-state index in [2.05, 4.69) is 27.5 Å². The molecule has 0 saturated heterocycles. The van der Waals surface area contributed by atoms with E-state index in [1.165, 1.54) is 11.3 Å². The lowest BCUT2D eigenvalue weighted by atomic mass is 10.0. The topological polar surface area (TPSA) is 59.3 Å². The predicted octanol–water partition coefficient (Wildman–Crippen LogP) is 3.70. The Bertz CT molecular complexity index is 987. The van der Waals surface area contributed by atoms with E-state index in [0.717, 1.165) is 26.8 Å². The zero-order valence-corrected chi connectivity index (χ0v) is 14.5. The SMILES string of the molecule is Cc1cn2nc(CNC(=O)c3ccc(-c4ccccc4)cc3)sc2n1. The second-order valence-electron chi connectivity index (χ2n) is 5.73. The van der Waals surface area contributed by atoms with Gasteiger partial charge in [-0.2, -0.15) is 5.10 Å². The van der Waals surface area contributed by atoms with Gasteiger partial charge in [0.25, 0.3) is 5.91 Å². The Hall–Kier alpha value is -2.99. The van der Waals surface area contributed by atoms with Gasteiger partial charge in [0.2, 0.25) is 4.96 Å². The number of hydrogen-bond donors (Lipinski definition) is 1. The number of carbonyl (C=O) groups is 1. The van der Waals surface area contributed by atoms with Crippen molar-refractivity contribution in [1.82, 2.24) is 19.9 Å². The summed E-state index contributed by atoms with van der Waals surface area (Å²) in [6.45, 7) is 2.33. The third-order valence-electron chi connectivity index (χ3n) is 3.86. The van der Waals surface area contributed by atoms with Crippen LogP contribution in [0.3, 0.4) is 0 Å². The molecule has 0 saturated carbocycles. The first-order chi connectivity index (χ1) is 12.2. The summed E-state index contributed by atoms with van der Waals surface area (Å²) >= 11 is 1.48. The maximum atomic E-state index is 12.3. The standard InChI is InChI=1S/C19H16N4OS/c1-13-12-23-19(21-13)25-17(22-23)11-20-18(24)16-9-7-15(8-10-16)14-5-3-2-4-6-14/h2-10,12H,11H2,1H3,(H,20,24). The van der Waals surface area contributed by atoms with Gasteiger partial charge in [-0.25, -0.2) is 9.50 Å². The van der Waals surface area contributed by atoms with Gasteiger partial charge in [-0.05, 0) is 30.2 Å². The molecule has 2 aromatic carbocycles. The molecule has 4 rings (SSSR count). The van der Waals surface area contributed by atoms with E-state index in [4.69, 9.17) is 0 Å². The summed E-state index contributed by atoms with van der Waals surface area (Å²) in [6.07, 6.45) is 1.87. The molecule has 5 nitrogen and oxygen atoms in total. The maximum Gasteiger partial charge on any atom is 0.251 e. The minimum Gasteiger partial charge on any atom is -0.345 e. The van der Waals surface area contributed by atoms with Gasteiger partial charge in [0, 0.05) is 5.56 Å². The van der Waals surface area contributed by atoms with Crippen molar-refractivity contribution in [3.8, 4) is 11.1 Å². The van der Waals surface area contributed by atoms with Crippen LogP contribution in [0, 0.1) is 6.92 Å². The Labute approximate surface area is 149 Å². The van der Waals surface area contributed by atoms with Crippen molar-refractivity contribution in [3.63, 3.8) is 0 Å². The summed E-state index contributed by atoms with van der Waals surface area (Å²) in [5.74, 6) is -0.108. The third-order valence-corrected chi connectivity index (χ3v) is 4.78. The van der Waals surface area contributed by atoms with Gasteiger partial charge < -0.3 is 5.32 Å². The van der Waals surface area contributed by atoms with E-state index in [-0.39, 0.29) is 5.91 Å². The van der Waals surface area contributed by atoms with Gasteiger partial charge in [0.15, 0.2) is 0 Å². The van der Waals surface area contributed by atoms with Crippen molar-refractivity contribution in [2.75, 3.05) is 0 Å². The summed E-state index contributed by atoms with van der Waals surface area (Å²) < 4.78 is 1.75. The molecule has 2 aromatic heterocycles. The zero-order chi connectivity index (χ0) is 17.2. The molecule has 0 bridgehead atoms. The molecule has 0 aliphatic carbocycles. The summed E-state index contributed by atoms with van der Waals surface area (Å²) in [4.78, 5) is 17.5. The lowest BCUT2D eigenvalue weighted by Gasteiger charge is -2.05. The Balaban J connectivity index is 1.43. The average Bonchev–Trinajstić information content (AvgIpc) is 3.17. The Kier molecular flexibility index (Phi) is 4.03. The molecule has 0 aliphatic rings. The Morgan fingerprint density at radius 2 is 1.80 bits per heavy atom. The quantitative estimate of drug-likeness (QED) is 0.612. The van der Waals surface area contributed by atoms with Crippen LogP contribution in [-0.4, -0.2) is 20.5 Å². The second-order valence-corrected chi connectivity index (χ2v) is 6.77. The van der Waals surface area contributed by atoms with E-state index >= 15 is 0 Å². The predicted molar refractivity (Wildman–Crippen MR) is 98.6 cm³/mol. The molecular formula is C19H16N4OS. The number of carbonyl (C=O) groups excluding carboxylic acids is 1. The van der Waals surface area contributed by atoms with Gasteiger partial charge >= 0.3 is 0 Å². The normalized spacial score (nSPS) is 10.9. The molecule has 1 N–H and O–H groups in total. The molecule has 0 aliphatic heterocycles.